The first-order chi connectivity index (χ1) is 16.2. The second kappa shape index (κ2) is 8.54. The van der Waals surface area contributed by atoms with Crippen LogP contribution in [0.2, 0.25) is 5.02 Å². The molecule has 10 heteroatoms. The molecule has 3 aromatic rings. The van der Waals surface area contributed by atoms with Crippen molar-refractivity contribution in [2.75, 3.05) is 10.2 Å². The molecule has 3 heterocycles. The van der Waals surface area contributed by atoms with Crippen LogP contribution in [0.15, 0.2) is 36.8 Å². The van der Waals surface area contributed by atoms with Gasteiger partial charge in [0.25, 0.3) is 0 Å². The van der Waals surface area contributed by atoms with Gasteiger partial charge >= 0.3 is 6.09 Å². The van der Waals surface area contributed by atoms with Gasteiger partial charge in [0, 0.05) is 17.8 Å². The Morgan fingerprint density at radius 3 is 2.59 bits per heavy atom. The second-order valence-electron chi connectivity index (χ2n) is 9.46. The van der Waals surface area contributed by atoms with E-state index < -0.39 is 5.60 Å². The van der Waals surface area contributed by atoms with Gasteiger partial charge in [-0.2, -0.15) is 15.0 Å². The number of amides is 1. The smallest absolute Gasteiger partial charge is 0.417 e. The van der Waals surface area contributed by atoms with Crippen LogP contribution in [-0.2, 0) is 11.3 Å². The molecule has 1 saturated carbocycles. The zero-order valence-corrected chi connectivity index (χ0v) is 20.5. The second-order valence-corrected chi connectivity index (χ2v) is 9.90. The topological polar surface area (TPSA) is 98.1 Å². The number of benzene rings is 1. The summed E-state index contributed by atoms with van der Waals surface area (Å²) in [6, 6.07) is 7.52. The van der Waals surface area contributed by atoms with E-state index in [9.17, 15) is 4.79 Å². The van der Waals surface area contributed by atoms with E-state index in [0.29, 0.717) is 29.3 Å². The highest BCUT2D eigenvalue weighted by Crippen LogP contribution is 2.52. The third-order valence-corrected chi connectivity index (χ3v) is 6.60. The number of hydrogen-bond acceptors (Lipinski definition) is 7. The summed E-state index contributed by atoms with van der Waals surface area (Å²) < 4.78 is 7.75. The summed E-state index contributed by atoms with van der Waals surface area (Å²) in [7, 11) is 0. The summed E-state index contributed by atoms with van der Waals surface area (Å²) in [5, 5.41) is 4.03. The Morgan fingerprint density at radius 2 is 1.91 bits per heavy atom. The van der Waals surface area contributed by atoms with Crippen molar-refractivity contribution in [3.05, 3.63) is 58.9 Å². The molecule has 1 aromatic carbocycles. The maximum atomic E-state index is 12.7. The molecule has 34 heavy (non-hydrogen) atoms. The van der Waals surface area contributed by atoms with Gasteiger partial charge in [-0.15, -0.1) is 0 Å². The lowest BCUT2D eigenvalue weighted by molar-refractivity contribution is 0.109. The van der Waals surface area contributed by atoms with Crippen molar-refractivity contribution >= 4 is 29.6 Å². The summed E-state index contributed by atoms with van der Waals surface area (Å²) in [5.41, 5.74) is 1.59. The van der Waals surface area contributed by atoms with Crippen molar-refractivity contribution in [2.45, 2.75) is 64.8 Å². The van der Waals surface area contributed by atoms with E-state index >= 15 is 0 Å². The first-order valence-electron chi connectivity index (χ1n) is 11.5. The van der Waals surface area contributed by atoms with Crippen LogP contribution < -0.4 is 10.2 Å². The molecule has 178 valence electrons. The molecule has 1 unspecified atom stereocenters. The van der Waals surface area contributed by atoms with Gasteiger partial charge in [-0.25, -0.2) is 14.7 Å². The highest BCUT2D eigenvalue weighted by molar-refractivity contribution is 6.30. The Balaban J connectivity index is 1.33. The molecular weight excluding hydrogens is 454 g/mol. The van der Waals surface area contributed by atoms with Gasteiger partial charge in [-0.1, -0.05) is 37.6 Å². The number of anilines is 2. The highest BCUT2D eigenvalue weighted by atomic mass is 35.5. The third-order valence-electron chi connectivity index (χ3n) is 6.35. The fourth-order valence-electron chi connectivity index (χ4n) is 4.66. The van der Waals surface area contributed by atoms with Gasteiger partial charge in [0.05, 0.1) is 24.1 Å². The first-order valence-corrected chi connectivity index (χ1v) is 11.9. The quantitative estimate of drug-likeness (QED) is 0.519. The van der Waals surface area contributed by atoms with E-state index in [2.05, 4.69) is 39.1 Å². The van der Waals surface area contributed by atoms with Crippen LogP contribution in [0.3, 0.4) is 0 Å². The summed E-state index contributed by atoms with van der Waals surface area (Å²) in [6.07, 6.45) is 5.16. The van der Waals surface area contributed by atoms with Gasteiger partial charge in [0.1, 0.15) is 11.4 Å². The van der Waals surface area contributed by atoms with Crippen LogP contribution in [0.4, 0.5) is 16.7 Å². The molecule has 2 fully saturated rings. The number of aromatic nitrogens is 5. The van der Waals surface area contributed by atoms with Gasteiger partial charge in [-0.05, 0) is 50.3 Å². The number of ether oxygens (including phenoxy) is 1. The maximum absolute atomic E-state index is 12.7. The Hall–Kier alpha value is -3.20. The van der Waals surface area contributed by atoms with Gasteiger partial charge in [0.2, 0.25) is 11.9 Å². The molecule has 2 atom stereocenters. The summed E-state index contributed by atoms with van der Waals surface area (Å²) in [6.45, 7) is 8.67. The molecule has 0 radical (unpaired) electrons. The molecule has 0 bridgehead atoms. The number of carbonyl (C=O) groups is 1. The third kappa shape index (κ3) is 4.32. The molecule has 1 N–H and O–H groups in total. The molecule has 5 rings (SSSR count). The average molecular weight is 482 g/mol. The minimum Gasteiger partial charge on any atom is -0.440 e. The van der Waals surface area contributed by atoms with Crippen molar-refractivity contribution in [3.63, 3.8) is 0 Å². The molecular formula is C24H28ClN7O2. The van der Waals surface area contributed by atoms with Crippen molar-refractivity contribution in [1.29, 1.82) is 0 Å². The zero-order chi connectivity index (χ0) is 24.0. The lowest BCUT2D eigenvalue weighted by Crippen LogP contribution is -2.43. The van der Waals surface area contributed by atoms with E-state index in [0.717, 1.165) is 24.1 Å². The molecule has 1 aliphatic heterocycles. The van der Waals surface area contributed by atoms with Crippen LogP contribution in [0, 0.1) is 12.8 Å². The summed E-state index contributed by atoms with van der Waals surface area (Å²) in [4.78, 5) is 32.4. The number of rotatable bonds is 7. The lowest BCUT2D eigenvalue weighted by atomic mass is 9.96. The highest BCUT2D eigenvalue weighted by Gasteiger charge is 2.63. The molecule has 1 amide bonds. The van der Waals surface area contributed by atoms with E-state index in [1.807, 2.05) is 42.0 Å². The SMILES string of the molecule is Cc1nc(N[C@@H](C)c2cn(Cc3ccc(Cl)cc3)cn2)nc(N2C(=O)OC3(CC3)C2C(C)C)n1. The number of hydrogen-bond donors (Lipinski definition) is 1. The Morgan fingerprint density at radius 1 is 1.18 bits per heavy atom. The minimum absolute atomic E-state index is 0.0874. The van der Waals surface area contributed by atoms with Crippen LogP contribution in [0.5, 0.6) is 0 Å². The molecule has 1 spiro atoms. The summed E-state index contributed by atoms with van der Waals surface area (Å²) in [5.74, 6) is 1.46. The van der Waals surface area contributed by atoms with E-state index in [-0.39, 0.29) is 24.1 Å². The average Bonchev–Trinajstić information content (AvgIpc) is 3.25. The summed E-state index contributed by atoms with van der Waals surface area (Å²) >= 11 is 5.98. The Kier molecular flexibility index (Phi) is 5.67. The minimum atomic E-state index is -0.399. The number of aryl methyl sites for hydroxylation is 1. The van der Waals surface area contributed by atoms with E-state index in [1.54, 1.807) is 18.2 Å². The molecule has 2 aliphatic rings. The van der Waals surface area contributed by atoms with Crippen LogP contribution in [0.25, 0.3) is 0 Å². The van der Waals surface area contributed by atoms with E-state index in [1.165, 1.54) is 0 Å². The fraction of sp³-hybridized carbons (Fsp3) is 0.458. The van der Waals surface area contributed by atoms with Gasteiger partial charge in [-0.3, -0.25) is 0 Å². The standard InChI is InChI=1S/C24H28ClN7O2/c1-14(2)20-24(9-10-24)34-23(33)32(20)22-29-16(4)28-21(30-22)27-15(3)19-12-31(13-26-19)11-17-5-7-18(25)8-6-17/h5-8,12-15,20H,9-11H2,1-4H3,(H,27,28,29,30)/t15-,20?/m0/s1. The Labute approximate surface area is 203 Å². The molecule has 1 aliphatic carbocycles. The first kappa shape index (κ1) is 22.6. The monoisotopic (exact) mass is 481 g/mol. The fourth-order valence-corrected chi connectivity index (χ4v) is 4.79. The predicted octanol–water partition coefficient (Wildman–Crippen LogP) is 4.77. The number of nitrogens with one attached hydrogen (secondary N) is 1. The van der Waals surface area contributed by atoms with Crippen LogP contribution in [0.1, 0.15) is 56.7 Å². The number of nitrogens with zero attached hydrogens (tertiary/aromatic N) is 6. The number of halogens is 1. The van der Waals surface area contributed by atoms with Crippen LogP contribution in [-0.4, -0.2) is 42.2 Å². The lowest BCUT2D eigenvalue weighted by Gasteiger charge is -2.26. The molecule has 2 aromatic heterocycles. The molecule has 9 nitrogen and oxygen atoms in total. The number of carbonyl (C=O) groups excluding carboxylic acids is 1. The van der Waals surface area contributed by atoms with Gasteiger partial charge < -0.3 is 14.6 Å². The Bertz CT molecular complexity index is 1210. The van der Waals surface area contributed by atoms with E-state index in [4.69, 9.17) is 16.3 Å². The normalized spacial score (nSPS) is 19.5. The van der Waals surface area contributed by atoms with Crippen molar-refractivity contribution < 1.29 is 9.53 Å². The van der Waals surface area contributed by atoms with Gasteiger partial charge in [0.15, 0.2) is 0 Å². The van der Waals surface area contributed by atoms with Crippen molar-refractivity contribution in [1.82, 2.24) is 24.5 Å². The van der Waals surface area contributed by atoms with Crippen molar-refractivity contribution in [2.24, 2.45) is 5.92 Å². The largest absolute Gasteiger partial charge is 0.440 e. The number of imidazole rings is 1. The van der Waals surface area contributed by atoms with Crippen LogP contribution >= 0.6 is 11.6 Å². The predicted molar refractivity (Wildman–Crippen MR) is 129 cm³/mol. The zero-order valence-electron chi connectivity index (χ0n) is 19.7. The maximum Gasteiger partial charge on any atom is 0.417 e. The molecule has 1 saturated heterocycles. The van der Waals surface area contributed by atoms with Crippen molar-refractivity contribution in [3.8, 4) is 0 Å².